The van der Waals surface area contributed by atoms with Crippen molar-refractivity contribution in [2.24, 2.45) is 0 Å². The van der Waals surface area contributed by atoms with Crippen molar-refractivity contribution in [2.75, 3.05) is 11.9 Å². The number of benzene rings is 2. The second-order valence-electron chi connectivity index (χ2n) is 6.29. The normalized spacial score (nSPS) is 13.8. The number of hydrogen-bond donors (Lipinski definition) is 1. The van der Waals surface area contributed by atoms with Crippen molar-refractivity contribution in [3.63, 3.8) is 0 Å². The van der Waals surface area contributed by atoms with E-state index in [1.807, 2.05) is 41.1 Å². The fourth-order valence-electron chi connectivity index (χ4n) is 3.34. The van der Waals surface area contributed by atoms with E-state index >= 15 is 0 Å². The van der Waals surface area contributed by atoms with E-state index in [2.05, 4.69) is 33.4 Å². The zero-order chi connectivity index (χ0) is 17.2. The maximum atomic E-state index is 6.38. The first kappa shape index (κ1) is 16.7. The van der Waals surface area contributed by atoms with Crippen LogP contribution in [-0.2, 0) is 12.8 Å². The first-order valence-electron chi connectivity index (χ1n) is 8.57. The third kappa shape index (κ3) is 3.33. The summed E-state index contributed by atoms with van der Waals surface area (Å²) < 4.78 is 3.08. The second-order valence-corrected chi connectivity index (χ2v) is 7.55. The predicted molar refractivity (Wildman–Crippen MR) is 107 cm³/mol. The zero-order valence-electron chi connectivity index (χ0n) is 13.8. The van der Waals surface area contributed by atoms with Gasteiger partial charge in [-0.3, -0.25) is 0 Å². The van der Waals surface area contributed by atoms with Crippen molar-refractivity contribution in [2.45, 2.75) is 25.7 Å². The molecule has 0 saturated carbocycles. The third-order valence-electron chi connectivity index (χ3n) is 4.61. The van der Waals surface area contributed by atoms with Crippen molar-refractivity contribution < 1.29 is 0 Å². The first-order chi connectivity index (χ1) is 12.2. The fraction of sp³-hybridized carbons (Fsp3) is 0.250. The van der Waals surface area contributed by atoms with Crippen molar-refractivity contribution >= 4 is 33.3 Å². The molecule has 2 aromatic carbocycles. The number of para-hydroxylation sites is 1. The van der Waals surface area contributed by atoms with Gasteiger partial charge in [-0.25, -0.2) is 4.68 Å². The lowest BCUT2D eigenvalue weighted by molar-refractivity contribution is 0.767. The lowest BCUT2D eigenvalue weighted by Gasteiger charge is -2.10. The van der Waals surface area contributed by atoms with Gasteiger partial charge in [0.1, 0.15) is 5.82 Å². The van der Waals surface area contributed by atoms with E-state index in [4.69, 9.17) is 16.7 Å². The van der Waals surface area contributed by atoms with Crippen LogP contribution in [0.5, 0.6) is 0 Å². The molecule has 2 heterocycles. The lowest BCUT2D eigenvalue weighted by Crippen LogP contribution is -2.07. The Bertz CT molecular complexity index is 904. The number of rotatable bonds is 3. The van der Waals surface area contributed by atoms with Crippen LogP contribution < -0.4 is 5.32 Å². The van der Waals surface area contributed by atoms with Gasteiger partial charge in [0.25, 0.3) is 0 Å². The number of nitrogens with zero attached hydrogens (tertiary/aromatic N) is 2. The summed E-state index contributed by atoms with van der Waals surface area (Å²) in [6.07, 6.45) is 4.15. The number of aromatic nitrogens is 2. The molecule has 0 spiro atoms. The second kappa shape index (κ2) is 7.22. The van der Waals surface area contributed by atoms with Gasteiger partial charge in [-0.1, -0.05) is 41.9 Å². The topological polar surface area (TPSA) is 29.9 Å². The molecule has 1 aliphatic rings. The Kier molecular flexibility index (Phi) is 4.82. The Morgan fingerprint density at radius 3 is 2.72 bits per heavy atom. The molecule has 1 aromatic heterocycles. The van der Waals surface area contributed by atoms with Gasteiger partial charge in [-0.15, -0.1) is 0 Å². The summed E-state index contributed by atoms with van der Waals surface area (Å²) in [5.41, 5.74) is 4.59. The van der Waals surface area contributed by atoms with Crippen LogP contribution >= 0.6 is 27.5 Å². The molecule has 3 nitrogen and oxygen atoms in total. The molecule has 0 radical (unpaired) electrons. The lowest BCUT2D eigenvalue weighted by atomic mass is 10.0. The smallest absolute Gasteiger partial charge is 0.133 e. The van der Waals surface area contributed by atoms with Gasteiger partial charge < -0.3 is 5.32 Å². The van der Waals surface area contributed by atoms with E-state index in [0.717, 1.165) is 51.6 Å². The number of anilines is 1. The summed E-state index contributed by atoms with van der Waals surface area (Å²) in [5.74, 6) is 1.12. The molecule has 128 valence electrons. The minimum Gasteiger partial charge on any atom is -0.370 e. The van der Waals surface area contributed by atoms with E-state index in [1.54, 1.807) is 0 Å². The van der Waals surface area contributed by atoms with Crippen molar-refractivity contribution in [1.82, 2.24) is 9.78 Å². The molecule has 5 heteroatoms. The largest absolute Gasteiger partial charge is 0.370 e. The Morgan fingerprint density at radius 2 is 1.88 bits per heavy atom. The van der Waals surface area contributed by atoms with Crippen LogP contribution in [-0.4, -0.2) is 16.3 Å². The SMILES string of the molecule is Clc1ccccc1Cc1nn(-c2ccccc2Br)c2c1CCCCN2. The van der Waals surface area contributed by atoms with E-state index in [0.29, 0.717) is 0 Å². The van der Waals surface area contributed by atoms with Crippen LogP contribution in [0.1, 0.15) is 29.7 Å². The number of halogens is 2. The summed E-state index contributed by atoms with van der Waals surface area (Å²) in [5, 5.41) is 9.35. The van der Waals surface area contributed by atoms with Crippen molar-refractivity contribution in [1.29, 1.82) is 0 Å². The maximum absolute atomic E-state index is 6.38. The van der Waals surface area contributed by atoms with Crippen LogP contribution in [0.25, 0.3) is 5.69 Å². The van der Waals surface area contributed by atoms with Gasteiger partial charge in [0.15, 0.2) is 0 Å². The molecule has 0 bridgehead atoms. The van der Waals surface area contributed by atoms with Crippen molar-refractivity contribution in [3.8, 4) is 5.69 Å². The average molecular weight is 417 g/mol. The molecule has 1 N–H and O–H groups in total. The number of fused-ring (bicyclic) bond motifs is 1. The van der Waals surface area contributed by atoms with Crippen LogP contribution in [0.3, 0.4) is 0 Å². The minimum atomic E-state index is 0.751. The summed E-state index contributed by atoms with van der Waals surface area (Å²) in [6, 6.07) is 16.2. The minimum absolute atomic E-state index is 0.751. The summed E-state index contributed by atoms with van der Waals surface area (Å²) in [7, 11) is 0. The molecule has 4 rings (SSSR count). The molecule has 0 saturated heterocycles. The van der Waals surface area contributed by atoms with Crippen LogP contribution in [0.15, 0.2) is 53.0 Å². The Balaban J connectivity index is 1.82. The van der Waals surface area contributed by atoms with E-state index in [1.165, 1.54) is 18.4 Å². The average Bonchev–Trinajstić information content (AvgIpc) is 2.80. The van der Waals surface area contributed by atoms with E-state index < -0.39 is 0 Å². The first-order valence-corrected chi connectivity index (χ1v) is 9.74. The highest BCUT2D eigenvalue weighted by atomic mass is 79.9. The van der Waals surface area contributed by atoms with Crippen LogP contribution in [0, 0.1) is 0 Å². The molecule has 0 amide bonds. The standard InChI is InChI=1S/C20H19BrClN3/c21-16-9-2-4-11-19(16)25-20-15(8-5-6-12-23-20)18(24-25)13-14-7-1-3-10-17(14)22/h1-4,7,9-11,23H,5-6,8,12-13H2. The molecule has 0 fully saturated rings. The monoisotopic (exact) mass is 415 g/mol. The van der Waals surface area contributed by atoms with E-state index in [-0.39, 0.29) is 0 Å². The van der Waals surface area contributed by atoms with Crippen molar-refractivity contribution in [3.05, 3.63) is 74.8 Å². The Morgan fingerprint density at radius 1 is 1.08 bits per heavy atom. The van der Waals surface area contributed by atoms with Gasteiger partial charge in [-0.2, -0.15) is 5.10 Å². The molecule has 0 aliphatic carbocycles. The predicted octanol–water partition coefficient (Wildman–Crippen LogP) is 5.63. The van der Waals surface area contributed by atoms with Gasteiger partial charge in [-0.05, 0) is 59.0 Å². The summed E-state index contributed by atoms with van der Waals surface area (Å²) in [6.45, 7) is 0.981. The van der Waals surface area contributed by atoms with E-state index in [9.17, 15) is 0 Å². The maximum Gasteiger partial charge on any atom is 0.133 e. The molecule has 3 aromatic rings. The van der Waals surface area contributed by atoms with Gasteiger partial charge in [0.05, 0.1) is 11.4 Å². The Labute approximate surface area is 161 Å². The van der Waals surface area contributed by atoms with Gasteiger partial charge in [0, 0.05) is 28.0 Å². The summed E-state index contributed by atoms with van der Waals surface area (Å²) in [4.78, 5) is 0. The highest BCUT2D eigenvalue weighted by molar-refractivity contribution is 9.10. The highest BCUT2D eigenvalue weighted by Gasteiger charge is 2.22. The zero-order valence-corrected chi connectivity index (χ0v) is 16.1. The quantitative estimate of drug-likeness (QED) is 0.600. The number of nitrogens with one attached hydrogen (secondary N) is 1. The summed E-state index contributed by atoms with van der Waals surface area (Å²) >= 11 is 10.0. The molecule has 0 atom stereocenters. The van der Waals surface area contributed by atoms with Crippen LogP contribution in [0.2, 0.25) is 5.02 Å². The molecule has 25 heavy (non-hydrogen) atoms. The van der Waals surface area contributed by atoms with Gasteiger partial charge in [0.2, 0.25) is 0 Å². The Hall–Kier alpha value is -1.78. The molecule has 0 unspecified atom stereocenters. The molecule has 1 aliphatic heterocycles. The third-order valence-corrected chi connectivity index (χ3v) is 5.65. The molecular weight excluding hydrogens is 398 g/mol. The van der Waals surface area contributed by atoms with Gasteiger partial charge >= 0.3 is 0 Å². The molecular formula is C20H19BrClN3. The number of hydrogen-bond acceptors (Lipinski definition) is 2. The fourth-order valence-corrected chi connectivity index (χ4v) is 3.99. The van der Waals surface area contributed by atoms with Crippen LogP contribution in [0.4, 0.5) is 5.82 Å². The highest BCUT2D eigenvalue weighted by Crippen LogP contribution is 2.32.